The van der Waals surface area contributed by atoms with Gasteiger partial charge in [0.05, 0.1) is 11.8 Å². The molecule has 10 heteroatoms. The molecule has 0 saturated carbocycles. The second-order valence-corrected chi connectivity index (χ2v) is 9.37. The smallest absolute Gasteiger partial charge is 0.337 e. The van der Waals surface area contributed by atoms with Gasteiger partial charge in [-0.25, -0.2) is 8.42 Å². The zero-order valence-corrected chi connectivity index (χ0v) is 18.3. The van der Waals surface area contributed by atoms with Gasteiger partial charge in [-0.05, 0) is 41.5 Å². The second-order valence-electron chi connectivity index (χ2n) is 7.63. The predicted octanol–water partition coefficient (Wildman–Crippen LogP) is 3.43. The van der Waals surface area contributed by atoms with Gasteiger partial charge in [-0.3, -0.25) is 14.4 Å². The molecule has 1 aliphatic heterocycles. The van der Waals surface area contributed by atoms with Crippen molar-refractivity contribution in [1.82, 2.24) is 9.80 Å². The van der Waals surface area contributed by atoms with E-state index >= 15 is 0 Å². The predicted molar refractivity (Wildman–Crippen MR) is 117 cm³/mol. The number of alkyl halides is 3. The summed E-state index contributed by atoms with van der Waals surface area (Å²) in [5.41, 5.74) is 1.34. The van der Waals surface area contributed by atoms with Crippen molar-refractivity contribution in [2.75, 3.05) is 37.2 Å². The lowest BCUT2D eigenvalue weighted by molar-refractivity contribution is -0.137. The summed E-state index contributed by atoms with van der Waals surface area (Å²) in [7, 11) is -3.34. The number of anilines is 1. The van der Waals surface area contributed by atoms with Crippen LogP contribution in [0.15, 0.2) is 54.6 Å². The van der Waals surface area contributed by atoms with Crippen molar-refractivity contribution in [3.8, 4) is 0 Å². The van der Waals surface area contributed by atoms with Gasteiger partial charge in [0.15, 0.2) is 0 Å². The lowest BCUT2D eigenvalue weighted by Gasteiger charge is -2.34. The SMILES string of the molecule is CS(=O)(=O)Nc1ccc(/C=C/C(=O)N2CCN(Cc3ccc(C(F)(F)F)cc3)CC2)cc1. The highest BCUT2D eigenvalue weighted by Crippen LogP contribution is 2.29. The van der Waals surface area contributed by atoms with Gasteiger partial charge in [-0.2, -0.15) is 13.2 Å². The van der Waals surface area contributed by atoms with E-state index in [2.05, 4.69) is 9.62 Å². The standard InChI is InChI=1S/C22H24F3N3O3S/c1-32(30,31)26-20-9-4-17(5-10-20)6-11-21(29)28-14-12-27(13-15-28)16-18-2-7-19(8-3-18)22(23,24)25/h2-11,26H,12-16H2,1H3/b11-6+. The molecule has 6 nitrogen and oxygen atoms in total. The van der Waals surface area contributed by atoms with Crippen molar-refractivity contribution in [3.63, 3.8) is 0 Å². The first kappa shape index (κ1) is 23.8. The molecular weight excluding hydrogens is 443 g/mol. The normalized spacial score (nSPS) is 15.8. The molecule has 1 aliphatic rings. The molecule has 1 N–H and O–H groups in total. The highest BCUT2D eigenvalue weighted by atomic mass is 32.2. The molecule has 0 radical (unpaired) electrons. The van der Waals surface area contributed by atoms with Gasteiger partial charge in [-0.1, -0.05) is 24.3 Å². The van der Waals surface area contributed by atoms with Crippen molar-refractivity contribution >= 4 is 27.7 Å². The third-order valence-corrected chi connectivity index (χ3v) is 5.61. The van der Waals surface area contributed by atoms with Gasteiger partial charge in [0.2, 0.25) is 15.9 Å². The third kappa shape index (κ3) is 7.10. The summed E-state index contributed by atoms with van der Waals surface area (Å²) in [4.78, 5) is 16.3. The lowest BCUT2D eigenvalue weighted by atomic mass is 10.1. The number of hydrogen-bond donors (Lipinski definition) is 1. The fraction of sp³-hybridized carbons (Fsp3) is 0.318. The Morgan fingerprint density at radius 1 is 1.00 bits per heavy atom. The zero-order chi connectivity index (χ0) is 23.4. The minimum absolute atomic E-state index is 0.127. The average Bonchev–Trinajstić information content (AvgIpc) is 2.72. The Morgan fingerprint density at radius 2 is 1.59 bits per heavy atom. The van der Waals surface area contributed by atoms with Crippen LogP contribution in [-0.4, -0.2) is 56.6 Å². The number of piperazine rings is 1. The summed E-state index contributed by atoms with van der Waals surface area (Å²) >= 11 is 0. The fourth-order valence-corrected chi connectivity index (χ4v) is 3.90. The Labute approximate surface area is 185 Å². The number of nitrogens with zero attached hydrogens (tertiary/aromatic N) is 2. The second kappa shape index (κ2) is 9.74. The highest BCUT2D eigenvalue weighted by molar-refractivity contribution is 7.92. The molecule has 172 valence electrons. The van der Waals surface area contributed by atoms with Crippen molar-refractivity contribution in [1.29, 1.82) is 0 Å². The van der Waals surface area contributed by atoms with Gasteiger partial charge in [0.1, 0.15) is 0 Å². The molecule has 0 aliphatic carbocycles. The van der Waals surface area contributed by atoms with Crippen LogP contribution in [0.2, 0.25) is 0 Å². The fourth-order valence-electron chi connectivity index (χ4n) is 3.33. The van der Waals surface area contributed by atoms with E-state index in [1.807, 2.05) is 0 Å². The van der Waals surface area contributed by atoms with Gasteiger partial charge >= 0.3 is 6.18 Å². The molecular formula is C22H24F3N3O3S. The van der Waals surface area contributed by atoms with E-state index in [0.717, 1.165) is 29.5 Å². The van der Waals surface area contributed by atoms with Crippen LogP contribution in [0.5, 0.6) is 0 Å². The van der Waals surface area contributed by atoms with E-state index in [1.54, 1.807) is 35.2 Å². The van der Waals surface area contributed by atoms with Crippen LogP contribution in [0, 0.1) is 0 Å². The number of carbonyl (C=O) groups is 1. The molecule has 0 aromatic heterocycles. The Balaban J connectivity index is 1.48. The summed E-state index contributed by atoms with van der Waals surface area (Å²) in [5, 5.41) is 0. The Bertz CT molecular complexity index is 1060. The van der Waals surface area contributed by atoms with Crippen LogP contribution in [0.25, 0.3) is 6.08 Å². The first-order valence-corrected chi connectivity index (χ1v) is 11.8. The monoisotopic (exact) mass is 467 g/mol. The molecule has 32 heavy (non-hydrogen) atoms. The summed E-state index contributed by atoms with van der Waals surface area (Å²) in [6, 6.07) is 11.8. The van der Waals surface area contributed by atoms with Crippen molar-refractivity contribution in [2.24, 2.45) is 0 Å². The van der Waals surface area contributed by atoms with Crippen molar-refractivity contribution in [3.05, 3.63) is 71.3 Å². The molecule has 1 heterocycles. The number of amides is 1. The minimum atomic E-state index is -4.34. The lowest BCUT2D eigenvalue weighted by Crippen LogP contribution is -2.47. The molecule has 1 saturated heterocycles. The van der Waals surface area contributed by atoms with E-state index in [9.17, 15) is 26.4 Å². The molecule has 1 fully saturated rings. The van der Waals surface area contributed by atoms with Crippen LogP contribution in [-0.2, 0) is 27.5 Å². The van der Waals surface area contributed by atoms with E-state index in [0.29, 0.717) is 38.4 Å². The number of hydrogen-bond acceptors (Lipinski definition) is 4. The topological polar surface area (TPSA) is 69.7 Å². The van der Waals surface area contributed by atoms with E-state index < -0.39 is 21.8 Å². The quantitative estimate of drug-likeness (QED) is 0.661. The highest BCUT2D eigenvalue weighted by Gasteiger charge is 2.30. The number of carbonyl (C=O) groups excluding carboxylic acids is 1. The molecule has 2 aromatic carbocycles. The number of nitrogens with one attached hydrogen (secondary N) is 1. The molecule has 2 aromatic rings. The van der Waals surface area contributed by atoms with Crippen LogP contribution >= 0.6 is 0 Å². The van der Waals surface area contributed by atoms with Crippen LogP contribution in [0.3, 0.4) is 0 Å². The van der Waals surface area contributed by atoms with Crippen LogP contribution in [0.4, 0.5) is 18.9 Å². The maximum absolute atomic E-state index is 12.7. The summed E-state index contributed by atoms with van der Waals surface area (Å²) in [5.74, 6) is -0.127. The van der Waals surface area contributed by atoms with Gasteiger partial charge in [-0.15, -0.1) is 0 Å². The average molecular weight is 468 g/mol. The van der Waals surface area contributed by atoms with E-state index in [-0.39, 0.29) is 5.91 Å². The Morgan fingerprint density at radius 3 is 2.12 bits per heavy atom. The third-order valence-electron chi connectivity index (χ3n) is 5.00. The Hall–Kier alpha value is -2.85. The van der Waals surface area contributed by atoms with E-state index in [4.69, 9.17) is 0 Å². The molecule has 0 unspecified atom stereocenters. The zero-order valence-electron chi connectivity index (χ0n) is 17.5. The number of rotatable bonds is 6. The Kier molecular flexibility index (Phi) is 7.25. The van der Waals surface area contributed by atoms with Gasteiger partial charge in [0.25, 0.3) is 0 Å². The van der Waals surface area contributed by atoms with Crippen molar-refractivity contribution < 1.29 is 26.4 Å². The molecule has 0 spiro atoms. The first-order valence-electron chi connectivity index (χ1n) is 9.93. The van der Waals surface area contributed by atoms with Crippen LogP contribution in [0.1, 0.15) is 16.7 Å². The number of halogens is 3. The van der Waals surface area contributed by atoms with E-state index in [1.165, 1.54) is 18.2 Å². The molecule has 3 rings (SSSR count). The van der Waals surface area contributed by atoms with Gasteiger partial charge < -0.3 is 4.90 Å². The first-order chi connectivity index (χ1) is 15.0. The summed E-state index contributed by atoms with van der Waals surface area (Å²) in [6.45, 7) is 2.85. The number of benzene rings is 2. The molecule has 0 bridgehead atoms. The summed E-state index contributed by atoms with van der Waals surface area (Å²) < 4.78 is 62.8. The maximum Gasteiger partial charge on any atom is 0.416 e. The van der Waals surface area contributed by atoms with Crippen LogP contribution < -0.4 is 4.72 Å². The number of sulfonamides is 1. The molecule has 0 atom stereocenters. The van der Waals surface area contributed by atoms with Crippen molar-refractivity contribution in [2.45, 2.75) is 12.7 Å². The largest absolute Gasteiger partial charge is 0.416 e. The van der Waals surface area contributed by atoms with Gasteiger partial charge in [0, 0.05) is 44.5 Å². The summed E-state index contributed by atoms with van der Waals surface area (Å²) in [6.07, 6.45) is -0.123. The maximum atomic E-state index is 12.7. The molecule has 1 amide bonds. The minimum Gasteiger partial charge on any atom is -0.337 e.